The molecule has 6 aromatic rings. The van der Waals surface area contributed by atoms with Crippen molar-refractivity contribution in [2.45, 2.75) is 99.3 Å². The van der Waals surface area contributed by atoms with E-state index >= 15 is 0 Å². The molecule has 0 saturated carbocycles. The van der Waals surface area contributed by atoms with Crippen LogP contribution >= 0.6 is 0 Å². The van der Waals surface area contributed by atoms with E-state index in [0.717, 1.165) is 11.3 Å². The van der Waals surface area contributed by atoms with Gasteiger partial charge in [-0.15, -0.1) is 0 Å². The van der Waals surface area contributed by atoms with Crippen molar-refractivity contribution >= 4 is 51.2 Å². The lowest BCUT2D eigenvalue weighted by atomic mass is 9.33. The monoisotopic (exact) mass is 655 g/mol. The first kappa shape index (κ1) is 32.6. The van der Waals surface area contributed by atoms with Crippen molar-refractivity contribution in [2.24, 2.45) is 0 Å². The van der Waals surface area contributed by atoms with Gasteiger partial charge in [-0.25, -0.2) is 4.98 Å². The van der Waals surface area contributed by atoms with Gasteiger partial charge in [0.05, 0.1) is 11.0 Å². The Morgan fingerprint density at radius 1 is 0.560 bits per heavy atom. The lowest BCUT2D eigenvalue weighted by molar-refractivity contribution is 0.590. The van der Waals surface area contributed by atoms with E-state index in [0.29, 0.717) is 0 Å². The van der Waals surface area contributed by atoms with E-state index in [2.05, 4.69) is 177 Å². The van der Waals surface area contributed by atoms with Gasteiger partial charge in [0.25, 0.3) is 6.71 Å². The summed E-state index contributed by atoms with van der Waals surface area (Å²) in [5.74, 6) is 1.03. The predicted molar refractivity (Wildman–Crippen MR) is 216 cm³/mol. The van der Waals surface area contributed by atoms with Gasteiger partial charge in [-0.3, -0.25) is 4.57 Å². The maximum Gasteiger partial charge on any atom is 0.252 e. The summed E-state index contributed by atoms with van der Waals surface area (Å²) in [6.45, 7) is 27.6. The minimum atomic E-state index is -0.0297. The van der Waals surface area contributed by atoms with Crippen LogP contribution in [0.4, 0.5) is 17.1 Å². The maximum absolute atomic E-state index is 5.56. The van der Waals surface area contributed by atoms with E-state index in [1.54, 1.807) is 0 Å². The number of aromatic nitrogens is 2. The van der Waals surface area contributed by atoms with Crippen LogP contribution in [0.25, 0.3) is 28.1 Å². The van der Waals surface area contributed by atoms with Crippen molar-refractivity contribution in [3.8, 4) is 17.1 Å². The predicted octanol–water partition coefficient (Wildman–Crippen LogP) is 10.1. The molecular formula is C46H50BN3. The van der Waals surface area contributed by atoms with E-state index in [9.17, 15) is 0 Å². The molecule has 0 bridgehead atoms. The van der Waals surface area contributed by atoms with Crippen molar-refractivity contribution < 1.29 is 0 Å². The first-order chi connectivity index (χ1) is 23.4. The number of hydrogen-bond donors (Lipinski definition) is 0. The van der Waals surface area contributed by atoms with Crippen molar-refractivity contribution in [2.75, 3.05) is 4.90 Å². The molecule has 252 valence electrons. The van der Waals surface area contributed by atoms with Crippen LogP contribution in [0.5, 0.6) is 0 Å². The summed E-state index contributed by atoms with van der Waals surface area (Å²) in [6.07, 6.45) is 0. The number of rotatable bonds is 2. The topological polar surface area (TPSA) is 21.1 Å². The highest BCUT2D eigenvalue weighted by Gasteiger charge is 2.43. The highest BCUT2D eigenvalue weighted by molar-refractivity contribution is 7.00. The second-order valence-corrected chi connectivity index (χ2v) is 18.0. The Bertz CT molecular complexity index is 2330. The van der Waals surface area contributed by atoms with Gasteiger partial charge >= 0.3 is 0 Å². The van der Waals surface area contributed by atoms with E-state index in [1.807, 2.05) is 0 Å². The third-order valence-corrected chi connectivity index (χ3v) is 11.2. The molecule has 1 aromatic heterocycles. The number of fused-ring (bicyclic) bond motifs is 4. The first-order valence-corrected chi connectivity index (χ1v) is 18.3. The van der Waals surface area contributed by atoms with Gasteiger partial charge in [0.1, 0.15) is 5.82 Å². The molecule has 3 nitrogen and oxygen atoms in total. The molecule has 50 heavy (non-hydrogen) atoms. The van der Waals surface area contributed by atoms with Crippen molar-refractivity contribution in [3.05, 3.63) is 118 Å². The number of aryl methyl sites for hydroxylation is 3. The Morgan fingerprint density at radius 2 is 1.16 bits per heavy atom. The summed E-state index contributed by atoms with van der Waals surface area (Å²) >= 11 is 0. The number of hydrogen-bond acceptors (Lipinski definition) is 2. The van der Waals surface area contributed by atoms with Gasteiger partial charge in [-0.05, 0) is 123 Å². The number of imidazole rings is 1. The van der Waals surface area contributed by atoms with Crippen molar-refractivity contribution in [3.63, 3.8) is 0 Å². The average molecular weight is 656 g/mol. The summed E-state index contributed by atoms with van der Waals surface area (Å²) < 4.78 is 2.50. The van der Waals surface area contributed by atoms with Crippen LogP contribution in [-0.2, 0) is 16.2 Å². The smallest absolute Gasteiger partial charge is 0.252 e. The lowest BCUT2D eigenvalue weighted by Crippen LogP contribution is -2.60. The second-order valence-electron chi connectivity index (χ2n) is 18.0. The third kappa shape index (κ3) is 4.89. The van der Waals surface area contributed by atoms with E-state index in [1.165, 1.54) is 83.6 Å². The van der Waals surface area contributed by atoms with Gasteiger partial charge in [-0.2, -0.15) is 0 Å². The summed E-state index contributed by atoms with van der Waals surface area (Å²) in [7, 11) is 0. The first-order valence-electron chi connectivity index (χ1n) is 18.3. The van der Waals surface area contributed by atoms with Gasteiger partial charge in [-0.1, -0.05) is 111 Å². The molecule has 0 atom stereocenters. The number of nitrogens with zero attached hydrogens (tertiary/aromatic N) is 3. The molecule has 4 heteroatoms. The highest BCUT2D eigenvalue weighted by atomic mass is 15.2. The Kier molecular flexibility index (Phi) is 6.99. The highest BCUT2D eigenvalue weighted by Crippen LogP contribution is 2.44. The Morgan fingerprint density at radius 3 is 1.78 bits per heavy atom. The summed E-state index contributed by atoms with van der Waals surface area (Å²) in [4.78, 5) is 8.11. The Balaban J connectivity index is 1.53. The molecule has 0 aliphatic carbocycles. The molecule has 0 N–H and O–H groups in total. The fourth-order valence-electron chi connectivity index (χ4n) is 8.33. The van der Waals surface area contributed by atoms with Crippen LogP contribution in [0.15, 0.2) is 84.9 Å². The maximum atomic E-state index is 5.56. The van der Waals surface area contributed by atoms with Crippen LogP contribution in [0.1, 0.15) is 95.7 Å². The molecule has 8 rings (SSSR count). The quantitative estimate of drug-likeness (QED) is 0.173. The molecule has 0 saturated heterocycles. The molecule has 2 aliphatic rings. The van der Waals surface area contributed by atoms with E-state index in [4.69, 9.17) is 4.98 Å². The molecule has 0 fully saturated rings. The zero-order chi connectivity index (χ0) is 35.7. The van der Waals surface area contributed by atoms with Gasteiger partial charge in [0.15, 0.2) is 0 Å². The molecule has 3 heterocycles. The minimum absolute atomic E-state index is 0.0136. The van der Waals surface area contributed by atoms with Crippen LogP contribution in [-0.4, -0.2) is 16.3 Å². The number of benzene rings is 5. The van der Waals surface area contributed by atoms with Crippen molar-refractivity contribution in [1.29, 1.82) is 0 Å². The average Bonchev–Trinajstić information content (AvgIpc) is 3.40. The van der Waals surface area contributed by atoms with E-state index < -0.39 is 0 Å². The van der Waals surface area contributed by atoms with Crippen LogP contribution in [0.3, 0.4) is 0 Å². The molecular weight excluding hydrogens is 605 g/mol. The molecule has 0 unspecified atom stereocenters. The normalized spacial score (nSPS) is 13.9. The molecule has 0 radical (unpaired) electrons. The summed E-state index contributed by atoms with van der Waals surface area (Å²) in [5.41, 5.74) is 20.4. The summed E-state index contributed by atoms with van der Waals surface area (Å²) in [5, 5.41) is 0. The van der Waals surface area contributed by atoms with Crippen molar-refractivity contribution in [1.82, 2.24) is 9.55 Å². The zero-order valence-corrected chi connectivity index (χ0v) is 32.0. The van der Waals surface area contributed by atoms with Crippen LogP contribution < -0.4 is 21.3 Å². The third-order valence-electron chi connectivity index (χ3n) is 11.2. The standard InChI is InChI=1S/C46H50BN3/c1-27-22-38-41-39(23-27)50-42-35(24-32(46(10,11)12)25-36(42)48-43(50)40-28(2)14-13-15-29(40)3)47(41)34-21-18-31(45(7,8)9)26-37(34)49(38)33-19-16-30(17-20-33)44(4,5)6/h13-26H,1-12H3. The fraction of sp³-hybridized carbons (Fsp3) is 0.326. The van der Waals surface area contributed by atoms with Gasteiger partial charge in [0, 0.05) is 28.3 Å². The fourth-order valence-corrected chi connectivity index (χ4v) is 8.33. The summed E-state index contributed by atoms with van der Waals surface area (Å²) in [6, 6.07) is 32.8. The lowest BCUT2D eigenvalue weighted by Gasteiger charge is -2.41. The molecule has 0 amide bonds. The Hall–Kier alpha value is -4.57. The molecule has 5 aromatic carbocycles. The zero-order valence-electron chi connectivity index (χ0n) is 32.0. The SMILES string of the molecule is Cc1cc2c3c(c1)-n1c(-c4c(C)cccc4C)nc4cc(C(C)(C)C)cc(c41)B3c1ccc(C(C)(C)C)cc1N2c1ccc(C(C)(C)C)cc1. The van der Waals surface area contributed by atoms with Gasteiger partial charge in [0.2, 0.25) is 0 Å². The molecule has 2 aliphatic heterocycles. The Labute approximate surface area is 299 Å². The largest absolute Gasteiger partial charge is 0.311 e. The minimum Gasteiger partial charge on any atom is -0.311 e. The van der Waals surface area contributed by atoms with Gasteiger partial charge < -0.3 is 4.90 Å². The number of anilines is 3. The van der Waals surface area contributed by atoms with Crippen LogP contribution in [0.2, 0.25) is 0 Å². The van der Waals surface area contributed by atoms with Crippen LogP contribution in [0, 0.1) is 20.8 Å². The van der Waals surface area contributed by atoms with E-state index in [-0.39, 0.29) is 23.0 Å². The second kappa shape index (κ2) is 10.7. The molecule has 0 spiro atoms.